The van der Waals surface area contributed by atoms with Gasteiger partial charge in [0.25, 0.3) is 5.89 Å². The molecule has 2 unspecified atom stereocenters. The van der Waals surface area contributed by atoms with Crippen LogP contribution in [0.5, 0.6) is 0 Å². The maximum atomic E-state index is 13.3. The van der Waals surface area contributed by atoms with Gasteiger partial charge in [-0.1, -0.05) is 5.92 Å². The Morgan fingerprint density at radius 3 is 2.48 bits per heavy atom. The van der Waals surface area contributed by atoms with E-state index in [0.29, 0.717) is 38.8 Å². The second kappa shape index (κ2) is 8.32. The zero-order chi connectivity index (χ0) is 22.2. The fourth-order valence-corrected chi connectivity index (χ4v) is 5.39. The van der Waals surface area contributed by atoms with Gasteiger partial charge in [-0.25, -0.2) is 4.98 Å². The second-order valence-corrected chi connectivity index (χ2v) is 8.92. The van der Waals surface area contributed by atoms with Gasteiger partial charge in [-0.2, -0.15) is 0 Å². The van der Waals surface area contributed by atoms with Gasteiger partial charge in [0.2, 0.25) is 0 Å². The molecule has 2 atom stereocenters. The lowest BCUT2D eigenvalue weighted by atomic mass is 9.62. The van der Waals surface area contributed by atoms with Gasteiger partial charge in [0.15, 0.2) is 0 Å². The Labute approximate surface area is 182 Å². The van der Waals surface area contributed by atoms with E-state index >= 15 is 0 Å². The summed E-state index contributed by atoms with van der Waals surface area (Å²) in [7, 11) is 0. The molecule has 6 nitrogen and oxygen atoms in total. The van der Waals surface area contributed by atoms with Crippen LogP contribution in [-0.4, -0.2) is 45.9 Å². The molecule has 2 aliphatic rings. The molecule has 1 saturated carbocycles. The summed E-state index contributed by atoms with van der Waals surface area (Å²) in [6.45, 7) is 6.85. The predicted molar refractivity (Wildman–Crippen MR) is 116 cm³/mol. The Bertz CT molecular complexity index is 1030. The average molecular weight is 421 g/mol. The summed E-state index contributed by atoms with van der Waals surface area (Å²) in [5.74, 6) is 5.45. The number of aryl methyl sites for hydroxylation is 2. The largest absolute Gasteiger partial charge is 0.441 e. The van der Waals surface area contributed by atoms with Gasteiger partial charge >= 0.3 is 5.91 Å². The molecule has 31 heavy (non-hydrogen) atoms. The Morgan fingerprint density at radius 2 is 1.94 bits per heavy atom. The average Bonchev–Trinajstić information content (AvgIpc) is 3.25. The lowest BCUT2D eigenvalue weighted by molar-refractivity contribution is -0.132. The highest BCUT2D eigenvalue weighted by Crippen LogP contribution is 2.48. The molecule has 1 aliphatic heterocycles. The minimum absolute atomic E-state index is 0.0896. The molecule has 2 aromatic rings. The highest BCUT2D eigenvalue weighted by molar-refractivity contribution is 5.90. The van der Waals surface area contributed by atoms with Crippen LogP contribution >= 0.6 is 0 Å². The lowest BCUT2D eigenvalue weighted by Crippen LogP contribution is -2.49. The third kappa shape index (κ3) is 4.03. The number of ketones is 1. The van der Waals surface area contributed by atoms with Gasteiger partial charge in [0, 0.05) is 25.1 Å². The molecule has 0 radical (unpaired) electrons. The number of nitrogens with zero attached hydrogens (tertiary/aromatic N) is 2. The summed E-state index contributed by atoms with van der Waals surface area (Å²) in [6, 6.07) is 3.99. The summed E-state index contributed by atoms with van der Waals surface area (Å²) in [5.41, 5.74) is 3.61. The molecule has 1 spiro atoms. The van der Waals surface area contributed by atoms with E-state index in [1.165, 1.54) is 12.5 Å². The first-order chi connectivity index (χ1) is 14.8. The van der Waals surface area contributed by atoms with Crippen LogP contribution in [-0.2, 0) is 4.79 Å². The molecule has 1 aromatic heterocycles. The molecular formula is C25H28N2O4. The van der Waals surface area contributed by atoms with Crippen LogP contribution < -0.4 is 0 Å². The number of aliphatic hydroxyl groups excluding tert-OH is 1. The minimum atomic E-state index is -0.726. The topological polar surface area (TPSA) is 83.6 Å². The molecule has 2 heterocycles. The van der Waals surface area contributed by atoms with Crippen LogP contribution in [0.15, 0.2) is 29.0 Å². The van der Waals surface area contributed by atoms with Crippen molar-refractivity contribution in [2.45, 2.75) is 58.5 Å². The Balaban J connectivity index is 1.50. The van der Waals surface area contributed by atoms with Crippen molar-refractivity contribution < 1.29 is 19.1 Å². The smallest absolute Gasteiger partial charge is 0.309 e. The van der Waals surface area contributed by atoms with Gasteiger partial charge < -0.3 is 14.4 Å². The van der Waals surface area contributed by atoms with Crippen LogP contribution in [0.1, 0.15) is 71.5 Å². The first-order valence-corrected chi connectivity index (χ1v) is 10.8. The molecule has 162 valence electrons. The first kappa shape index (κ1) is 21.3. The van der Waals surface area contributed by atoms with E-state index in [1.807, 2.05) is 26.0 Å². The van der Waals surface area contributed by atoms with Crippen LogP contribution in [0.4, 0.5) is 0 Å². The number of piperidine rings is 1. The van der Waals surface area contributed by atoms with Crippen molar-refractivity contribution >= 4 is 11.7 Å². The number of hydrogen-bond acceptors (Lipinski definition) is 5. The van der Waals surface area contributed by atoms with E-state index in [-0.39, 0.29) is 23.0 Å². The van der Waals surface area contributed by atoms with Crippen molar-refractivity contribution in [1.82, 2.24) is 9.88 Å². The normalized spacial score (nSPS) is 22.8. The van der Waals surface area contributed by atoms with E-state index in [0.717, 1.165) is 22.3 Å². The minimum Gasteiger partial charge on any atom is -0.441 e. The molecule has 1 N–H and O–H groups in total. The lowest BCUT2D eigenvalue weighted by Gasteiger charge is -2.47. The van der Waals surface area contributed by atoms with E-state index in [1.54, 1.807) is 11.8 Å². The molecule has 1 aliphatic carbocycles. The maximum Gasteiger partial charge on any atom is 0.309 e. The number of oxazole rings is 1. The molecule has 4 rings (SSSR count). The fraction of sp³-hybridized carbons (Fsp3) is 0.480. The summed E-state index contributed by atoms with van der Waals surface area (Å²) in [4.78, 5) is 31.5. The number of carbonyl (C=O) groups excluding carboxylic acids is 2. The number of aromatic nitrogens is 1. The van der Waals surface area contributed by atoms with Crippen LogP contribution in [0.3, 0.4) is 0 Å². The number of rotatable bonds is 2. The molecule has 1 saturated heterocycles. The summed E-state index contributed by atoms with van der Waals surface area (Å²) in [5, 5.41) is 11.1. The number of hydrogen-bond donors (Lipinski definition) is 1. The Kier molecular flexibility index (Phi) is 5.72. The van der Waals surface area contributed by atoms with E-state index in [4.69, 9.17) is 4.42 Å². The van der Waals surface area contributed by atoms with Gasteiger partial charge in [0.05, 0.1) is 18.2 Å². The maximum absolute atomic E-state index is 13.3. The highest BCUT2D eigenvalue weighted by Gasteiger charge is 2.48. The molecule has 0 bridgehead atoms. The Hall–Kier alpha value is -2.91. The number of amides is 1. The predicted octanol–water partition coefficient (Wildman–Crippen LogP) is 3.39. The SMILES string of the molecule is CC#Cc1cc(C)c(C2C(=O)CC3(CCN(C(=O)c4ncco4)CC3)CC2O)c(C)c1. The number of carbonyl (C=O) groups is 2. The zero-order valence-electron chi connectivity index (χ0n) is 18.3. The fourth-order valence-electron chi connectivity index (χ4n) is 5.39. The van der Waals surface area contributed by atoms with Crippen molar-refractivity contribution in [3.8, 4) is 11.8 Å². The number of likely N-dealkylation sites (tertiary alicyclic amines) is 1. The van der Waals surface area contributed by atoms with Crippen molar-refractivity contribution in [1.29, 1.82) is 0 Å². The number of benzene rings is 1. The molecular weight excluding hydrogens is 392 g/mol. The third-order valence-corrected chi connectivity index (χ3v) is 6.82. The number of aliphatic hydroxyl groups is 1. The van der Waals surface area contributed by atoms with Crippen LogP contribution in [0, 0.1) is 31.1 Å². The van der Waals surface area contributed by atoms with Crippen molar-refractivity contribution in [3.05, 3.63) is 52.7 Å². The van der Waals surface area contributed by atoms with E-state index in [9.17, 15) is 14.7 Å². The van der Waals surface area contributed by atoms with Gasteiger partial charge in [0.1, 0.15) is 12.0 Å². The molecule has 2 fully saturated rings. The highest BCUT2D eigenvalue weighted by atomic mass is 16.4. The molecule has 6 heteroatoms. The van der Waals surface area contributed by atoms with Gasteiger partial charge in [-0.15, -0.1) is 5.92 Å². The Morgan fingerprint density at radius 1 is 1.26 bits per heavy atom. The summed E-state index contributed by atoms with van der Waals surface area (Å²) >= 11 is 0. The standard InChI is InChI=1S/C25H28N2O4/c1-4-5-18-12-16(2)21(17(3)13-18)22-19(28)14-25(15-20(22)29)6-9-27(10-7-25)24(30)23-26-8-11-31-23/h8,11-13,19,22,28H,6-7,9-10,14-15H2,1-3H3. The monoisotopic (exact) mass is 420 g/mol. The quantitative estimate of drug-likeness (QED) is 0.753. The number of Topliss-reactive ketones (excluding diaryl/α,β-unsaturated/α-hetero) is 1. The van der Waals surface area contributed by atoms with Gasteiger partial charge in [-0.05, 0) is 74.3 Å². The van der Waals surface area contributed by atoms with E-state index in [2.05, 4.69) is 16.8 Å². The molecule has 1 aromatic carbocycles. The van der Waals surface area contributed by atoms with Crippen LogP contribution in [0.2, 0.25) is 0 Å². The second-order valence-electron chi connectivity index (χ2n) is 8.92. The van der Waals surface area contributed by atoms with Gasteiger partial charge in [-0.3, -0.25) is 9.59 Å². The third-order valence-electron chi connectivity index (χ3n) is 6.82. The summed E-state index contributed by atoms with van der Waals surface area (Å²) in [6.07, 6.45) is 4.51. The van der Waals surface area contributed by atoms with Crippen molar-refractivity contribution in [3.63, 3.8) is 0 Å². The summed E-state index contributed by atoms with van der Waals surface area (Å²) < 4.78 is 5.12. The van der Waals surface area contributed by atoms with E-state index < -0.39 is 12.0 Å². The molecule has 1 amide bonds. The zero-order valence-corrected chi connectivity index (χ0v) is 18.3. The van der Waals surface area contributed by atoms with Crippen molar-refractivity contribution in [2.75, 3.05) is 13.1 Å². The van der Waals surface area contributed by atoms with Crippen LogP contribution in [0.25, 0.3) is 0 Å². The van der Waals surface area contributed by atoms with Crippen molar-refractivity contribution in [2.24, 2.45) is 5.41 Å². The first-order valence-electron chi connectivity index (χ1n) is 10.8.